The first-order valence-corrected chi connectivity index (χ1v) is 8.87. The molecule has 1 aromatic rings. The molecule has 2 bridgehead atoms. The van der Waals surface area contributed by atoms with Gasteiger partial charge in [0.1, 0.15) is 0 Å². The number of thioether (sulfide) groups is 1. The zero-order valence-electron chi connectivity index (χ0n) is 13.1. The number of rotatable bonds is 5. The van der Waals surface area contributed by atoms with Gasteiger partial charge in [0.15, 0.2) is 5.16 Å². The van der Waals surface area contributed by atoms with Crippen LogP contribution in [0.15, 0.2) is 17.6 Å². The first-order chi connectivity index (χ1) is 10.0. The standard InChI is InChI=1S/C16H25N3OS/c1-10(14-9-12-4-5-13(14)8-12)18-15(20)11(2)21-16-17-6-7-19(16)3/h6-7,10-14H,4-5,8-9H2,1-3H3,(H,18,20)/t10-,11+,12+,13+,14-/m1/s1. The van der Waals surface area contributed by atoms with Crippen LogP contribution in [0.1, 0.15) is 39.5 Å². The van der Waals surface area contributed by atoms with Crippen LogP contribution in [0.4, 0.5) is 0 Å². The quantitative estimate of drug-likeness (QED) is 0.851. The Morgan fingerprint density at radius 1 is 1.43 bits per heavy atom. The van der Waals surface area contributed by atoms with Crippen LogP contribution in [-0.4, -0.2) is 26.8 Å². The maximum atomic E-state index is 12.4. The van der Waals surface area contributed by atoms with E-state index >= 15 is 0 Å². The molecule has 5 atom stereocenters. The fourth-order valence-electron chi connectivity index (χ4n) is 4.03. The average molecular weight is 307 g/mol. The van der Waals surface area contributed by atoms with Crippen molar-refractivity contribution in [3.8, 4) is 0 Å². The molecule has 2 saturated carbocycles. The Morgan fingerprint density at radius 2 is 2.24 bits per heavy atom. The Hall–Kier alpha value is -0.970. The van der Waals surface area contributed by atoms with Gasteiger partial charge in [-0.1, -0.05) is 18.2 Å². The van der Waals surface area contributed by atoms with Gasteiger partial charge >= 0.3 is 0 Å². The van der Waals surface area contributed by atoms with Crippen LogP contribution in [0, 0.1) is 17.8 Å². The van der Waals surface area contributed by atoms with Crippen LogP contribution < -0.4 is 5.32 Å². The fourth-order valence-corrected chi connectivity index (χ4v) is 4.87. The molecule has 2 fully saturated rings. The van der Waals surface area contributed by atoms with Crippen molar-refractivity contribution < 1.29 is 4.79 Å². The van der Waals surface area contributed by atoms with E-state index in [4.69, 9.17) is 0 Å². The molecule has 1 N–H and O–H groups in total. The van der Waals surface area contributed by atoms with Crippen molar-refractivity contribution in [2.75, 3.05) is 0 Å². The fraction of sp³-hybridized carbons (Fsp3) is 0.750. The second-order valence-electron chi connectivity index (χ2n) is 6.72. The summed E-state index contributed by atoms with van der Waals surface area (Å²) in [4.78, 5) is 16.7. The number of amides is 1. The molecule has 0 spiro atoms. The summed E-state index contributed by atoms with van der Waals surface area (Å²) in [7, 11) is 1.96. The Balaban J connectivity index is 1.52. The second-order valence-corrected chi connectivity index (χ2v) is 8.02. The van der Waals surface area contributed by atoms with Crippen LogP contribution in [0.5, 0.6) is 0 Å². The Bertz CT molecular complexity index is 515. The molecular weight excluding hydrogens is 282 g/mol. The van der Waals surface area contributed by atoms with Crippen LogP contribution in [0.3, 0.4) is 0 Å². The third-order valence-electron chi connectivity index (χ3n) is 5.23. The first kappa shape index (κ1) is 14.9. The van der Waals surface area contributed by atoms with Crippen LogP contribution in [0.25, 0.3) is 0 Å². The average Bonchev–Trinajstić information content (AvgIpc) is 3.16. The summed E-state index contributed by atoms with van der Waals surface area (Å²) < 4.78 is 1.95. The lowest BCUT2D eigenvalue weighted by molar-refractivity contribution is -0.121. The van der Waals surface area contributed by atoms with Gasteiger partial charge in [-0.3, -0.25) is 4.79 Å². The van der Waals surface area contributed by atoms with Crippen molar-refractivity contribution in [2.45, 2.75) is 56.0 Å². The third kappa shape index (κ3) is 3.12. The second kappa shape index (κ2) is 6.03. The Kier molecular flexibility index (Phi) is 4.29. The Labute approximate surface area is 131 Å². The van der Waals surface area contributed by atoms with E-state index in [0.717, 1.165) is 17.0 Å². The highest BCUT2D eigenvalue weighted by Crippen LogP contribution is 2.49. The number of nitrogens with zero attached hydrogens (tertiary/aromatic N) is 2. The van der Waals surface area contributed by atoms with E-state index in [1.165, 1.54) is 37.4 Å². The van der Waals surface area contributed by atoms with Crippen molar-refractivity contribution in [3.63, 3.8) is 0 Å². The van der Waals surface area contributed by atoms with Gasteiger partial charge in [0.05, 0.1) is 5.25 Å². The highest BCUT2D eigenvalue weighted by Gasteiger charge is 2.42. The number of fused-ring (bicyclic) bond motifs is 2. The highest BCUT2D eigenvalue weighted by molar-refractivity contribution is 8.00. The van der Waals surface area contributed by atoms with E-state index in [9.17, 15) is 4.79 Å². The van der Waals surface area contributed by atoms with Crippen LogP contribution >= 0.6 is 11.8 Å². The summed E-state index contributed by atoms with van der Waals surface area (Å²) in [6, 6.07) is 0.303. The zero-order chi connectivity index (χ0) is 15.0. The number of hydrogen-bond donors (Lipinski definition) is 1. The molecule has 2 aliphatic rings. The van der Waals surface area contributed by atoms with Crippen molar-refractivity contribution in [2.24, 2.45) is 24.8 Å². The normalized spacial score (nSPS) is 30.3. The number of carbonyl (C=O) groups is 1. The molecule has 1 aromatic heterocycles. The van der Waals surface area contributed by atoms with Gasteiger partial charge in [0.2, 0.25) is 5.91 Å². The van der Waals surface area contributed by atoms with Crippen LogP contribution in [-0.2, 0) is 11.8 Å². The summed E-state index contributed by atoms with van der Waals surface area (Å²) in [5.74, 6) is 2.61. The number of aryl methyl sites for hydroxylation is 1. The molecule has 3 rings (SSSR count). The summed E-state index contributed by atoms with van der Waals surface area (Å²) in [5, 5.41) is 4.03. The van der Waals surface area contributed by atoms with E-state index < -0.39 is 0 Å². The highest BCUT2D eigenvalue weighted by atomic mass is 32.2. The Morgan fingerprint density at radius 3 is 2.81 bits per heavy atom. The minimum absolute atomic E-state index is 0.104. The number of imidazole rings is 1. The lowest BCUT2D eigenvalue weighted by Crippen LogP contribution is -2.43. The molecule has 2 aliphatic carbocycles. The number of hydrogen-bond acceptors (Lipinski definition) is 3. The van der Waals surface area contributed by atoms with Crippen molar-refractivity contribution in [1.29, 1.82) is 0 Å². The molecular formula is C16H25N3OS. The molecule has 5 heteroatoms. The molecule has 0 unspecified atom stereocenters. The smallest absolute Gasteiger partial charge is 0.233 e. The van der Waals surface area contributed by atoms with Gasteiger partial charge in [-0.05, 0) is 50.9 Å². The topological polar surface area (TPSA) is 46.9 Å². The van der Waals surface area contributed by atoms with Crippen LogP contribution in [0.2, 0.25) is 0 Å². The zero-order valence-corrected chi connectivity index (χ0v) is 13.9. The van der Waals surface area contributed by atoms with E-state index in [1.807, 2.05) is 24.7 Å². The molecule has 1 amide bonds. The molecule has 4 nitrogen and oxygen atoms in total. The molecule has 0 saturated heterocycles. The summed E-state index contributed by atoms with van der Waals surface area (Å²) in [6.45, 7) is 4.14. The van der Waals surface area contributed by atoms with Crippen molar-refractivity contribution in [3.05, 3.63) is 12.4 Å². The number of aromatic nitrogens is 2. The van der Waals surface area contributed by atoms with Gasteiger partial charge in [0, 0.05) is 25.5 Å². The van der Waals surface area contributed by atoms with Gasteiger partial charge < -0.3 is 9.88 Å². The monoisotopic (exact) mass is 307 g/mol. The molecule has 116 valence electrons. The van der Waals surface area contributed by atoms with E-state index in [2.05, 4.69) is 17.2 Å². The minimum atomic E-state index is -0.104. The van der Waals surface area contributed by atoms with E-state index in [0.29, 0.717) is 12.0 Å². The van der Waals surface area contributed by atoms with Gasteiger partial charge in [0.25, 0.3) is 0 Å². The van der Waals surface area contributed by atoms with E-state index in [-0.39, 0.29) is 11.2 Å². The number of carbonyl (C=O) groups excluding carboxylic acids is 1. The molecule has 0 radical (unpaired) electrons. The predicted octanol–water partition coefficient (Wildman–Crippen LogP) is 2.84. The van der Waals surface area contributed by atoms with E-state index in [1.54, 1.807) is 6.20 Å². The van der Waals surface area contributed by atoms with Gasteiger partial charge in [-0.25, -0.2) is 4.98 Å². The molecule has 1 heterocycles. The van der Waals surface area contributed by atoms with Gasteiger partial charge in [-0.2, -0.15) is 0 Å². The number of nitrogens with one attached hydrogen (secondary N) is 1. The molecule has 0 aliphatic heterocycles. The minimum Gasteiger partial charge on any atom is -0.352 e. The first-order valence-electron chi connectivity index (χ1n) is 7.99. The molecule has 21 heavy (non-hydrogen) atoms. The summed E-state index contributed by atoms with van der Waals surface area (Å²) in [6.07, 6.45) is 9.16. The lowest BCUT2D eigenvalue weighted by atomic mass is 9.84. The largest absolute Gasteiger partial charge is 0.352 e. The van der Waals surface area contributed by atoms with Crippen molar-refractivity contribution in [1.82, 2.24) is 14.9 Å². The summed E-state index contributed by atoms with van der Waals surface area (Å²) in [5.41, 5.74) is 0. The lowest BCUT2D eigenvalue weighted by Gasteiger charge is -2.29. The van der Waals surface area contributed by atoms with Gasteiger partial charge in [-0.15, -0.1) is 0 Å². The molecule has 0 aromatic carbocycles. The summed E-state index contributed by atoms with van der Waals surface area (Å²) >= 11 is 1.52. The maximum Gasteiger partial charge on any atom is 0.233 e. The third-order valence-corrected chi connectivity index (χ3v) is 6.41. The predicted molar refractivity (Wildman–Crippen MR) is 85.1 cm³/mol. The van der Waals surface area contributed by atoms with Crippen molar-refractivity contribution >= 4 is 17.7 Å². The SMILES string of the molecule is C[C@H](Sc1nccn1C)C(=O)N[C@H](C)[C@H]1C[C@H]2CC[C@H]1C2. The maximum absolute atomic E-state index is 12.4.